The minimum absolute atomic E-state index is 0.0742. The molecule has 14 heavy (non-hydrogen) atoms. The second-order valence-corrected chi connectivity index (χ2v) is 4.23. The van der Waals surface area contributed by atoms with Gasteiger partial charge in [-0.15, -0.1) is 0 Å². The molecular weight excluding hydrogens is 270 g/mol. The molecule has 0 radical (unpaired) electrons. The van der Waals surface area contributed by atoms with Crippen LogP contribution in [-0.2, 0) is 11.2 Å². The van der Waals surface area contributed by atoms with E-state index in [2.05, 4.69) is 0 Å². The van der Waals surface area contributed by atoms with Crippen LogP contribution < -0.4 is 4.74 Å². The fraction of sp³-hybridized carbons (Fsp3) is 0.125. The second-order valence-electron chi connectivity index (χ2n) is 2.71. The Labute approximate surface area is 99.6 Å². The smallest absolute Gasteiger partial charge is 0.315 e. The molecule has 0 atom stereocenters. The summed E-state index contributed by atoms with van der Waals surface area (Å²) in [6, 6.07) is 0. The van der Waals surface area contributed by atoms with E-state index >= 15 is 0 Å². The van der Waals surface area contributed by atoms with E-state index in [4.69, 9.17) is 51.1 Å². The molecular formula is C8H2Cl4O2. The standard InChI is InChI=1S/C8H2Cl4O2/c9-4-2-1-3(13)14-8(2)7(12)6(11)5(4)10/h1H2. The van der Waals surface area contributed by atoms with Crippen LogP contribution in [0.5, 0.6) is 5.75 Å². The first kappa shape index (κ1) is 10.4. The molecule has 0 aliphatic carbocycles. The van der Waals surface area contributed by atoms with Gasteiger partial charge in [0.15, 0.2) is 5.75 Å². The topological polar surface area (TPSA) is 26.3 Å². The van der Waals surface area contributed by atoms with Crippen LogP contribution in [0.3, 0.4) is 0 Å². The van der Waals surface area contributed by atoms with Gasteiger partial charge in [0.1, 0.15) is 5.02 Å². The van der Waals surface area contributed by atoms with Crippen LogP contribution in [0.4, 0.5) is 0 Å². The first-order valence-corrected chi connectivity index (χ1v) is 5.09. The van der Waals surface area contributed by atoms with Crippen molar-refractivity contribution in [1.82, 2.24) is 0 Å². The third kappa shape index (κ3) is 1.38. The summed E-state index contributed by atoms with van der Waals surface area (Å²) in [5.74, 6) is -0.196. The lowest BCUT2D eigenvalue weighted by atomic mass is 10.1. The summed E-state index contributed by atoms with van der Waals surface area (Å²) < 4.78 is 4.86. The van der Waals surface area contributed by atoms with Crippen LogP contribution in [0.15, 0.2) is 0 Å². The second kappa shape index (κ2) is 3.46. The van der Waals surface area contributed by atoms with E-state index in [9.17, 15) is 4.79 Å². The fourth-order valence-electron chi connectivity index (χ4n) is 1.22. The summed E-state index contributed by atoms with van der Waals surface area (Å²) in [6.45, 7) is 0. The molecule has 0 spiro atoms. The Morgan fingerprint density at radius 1 is 0.929 bits per heavy atom. The van der Waals surface area contributed by atoms with Crippen molar-refractivity contribution < 1.29 is 9.53 Å². The van der Waals surface area contributed by atoms with Crippen molar-refractivity contribution in [2.24, 2.45) is 0 Å². The Morgan fingerprint density at radius 2 is 1.50 bits per heavy atom. The van der Waals surface area contributed by atoms with Crippen LogP contribution >= 0.6 is 46.4 Å². The molecule has 2 rings (SSSR count). The normalized spacial score (nSPS) is 14.1. The quantitative estimate of drug-likeness (QED) is 0.311. The number of halogens is 4. The largest absolute Gasteiger partial charge is 0.424 e. The highest BCUT2D eigenvalue weighted by Crippen LogP contribution is 2.47. The molecule has 0 fully saturated rings. The van der Waals surface area contributed by atoms with Gasteiger partial charge >= 0.3 is 5.97 Å². The number of carbonyl (C=O) groups excluding carboxylic acids is 1. The number of carbonyl (C=O) groups is 1. The van der Waals surface area contributed by atoms with E-state index < -0.39 is 5.97 Å². The van der Waals surface area contributed by atoms with Gasteiger partial charge in [-0.3, -0.25) is 4.79 Å². The maximum absolute atomic E-state index is 11.0. The molecule has 0 unspecified atom stereocenters. The third-order valence-corrected chi connectivity index (χ3v) is 3.68. The summed E-state index contributed by atoms with van der Waals surface area (Å²) >= 11 is 23.3. The number of ether oxygens (including phenoxy) is 1. The van der Waals surface area contributed by atoms with Gasteiger partial charge in [-0.1, -0.05) is 46.4 Å². The molecule has 1 aromatic carbocycles. The lowest BCUT2D eigenvalue weighted by Gasteiger charge is -2.07. The van der Waals surface area contributed by atoms with Gasteiger partial charge in [-0.2, -0.15) is 0 Å². The molecule has 1 aliphatic heterocycles. The molecule has 2 nitrogen and oxygen atoms in total. The molecule has 1 aromatic rings. The van der Waals surface area contributed by atoms with Crippen LogP contribution in [0.2, 0.25) is 20.1 Å². The number of hydrogen-bond acceptors (Lipinski definition) is 2. The lowest BCUT2D eigenvalue weighted by molar-refractivity contribution is -0.131. The molecule has 0 saturated heterocycles. The number of fused-ring (bicyclic) bond motifs is 1. The zero-order valence-corrected chi connectivity index (χ0v) is 9.56. The average molecular weight is 272 g/mol. The maximum Gasteiger partial charge on any atom is 0.315 e. The monoisotopic (exact) mass is 270 g/mol. The zero-order valence-electron chi connectivity index (χ0n) is 6.54. The van der Waals surface area contributed by atoms with E-state index in [1.54, 1.807) is 0 Å². The van der Waals surface area contributed by atoms with Crippen molar-refractivity contribution in [2.45, 2.75) is 6.42 Å². The Hall–Kier alpha value is -0.150. The molecule has 74 valence electrons. The summed E-state index contributed by atoms with van der Waals surface area (Å²) in [5, 5.41) is 0.603. The minimum Gasteiger partial charge on any atom is -0.424 e. The van der Waals surface area contributed by atoms with Gasteiger partial charge in [0, 0.05) is 5.56 Å². The Bertz CT molecular complexity index is 403. The number of hydrogen-bond donors (Lipinski definition) is 0. The third-order valence-electron chi connectivity index (χ3n) is 1.85. The van der Waals surface area contributed by atoms with E-state index in [1.165, 1.54) is 0 Å². The first-order valence-electron chi connectivity index (χ1n) is 3.58. The fourth-order valence-corrected chi connectivity index (χ4v) is 2.20. The summed E-state index contributed by atoms with van der Waals surface area (Å²) in [4.78, 5) is 11.0. The molecule has 0 N–H and O–H groups in total. The number of rotatable bonds is 0. The van der Waals surface area contributed by atoms with Crippen LogP contribution in [-0.4, -0.2) is 5.97 Å². The molecule has 1 heterocycles. The molecule has 6 heteroatoms. The number of benzene rings is 1. The van der Waals surface area contributed by atoms with E-state index in [0.717, 1.165) is 0 Å². The Balaban J connectivity index is 2.76. The molecule has 1 aliphatic rings. The van der Waals surface area contributed by atoms with Gasteiger partial charge in [0.25, 0.3) is 0 Å². The summed E-state index contributed by atoms with van der Waals surface area (Å²) in [5.41, 5.74) is 0.496. The van der Waals surface area contributed by atoms with Crippen LogP contribution in [0.1, 0.15) is 5.56 Å². The molecule has 0 saturated carbocycles. The van der Waals surface area contributed by atoms with Crippen LogP contribution in [0.25, 0.3) is 0 Å². The predicted octanol–water partition coefficient (Wildman–Crippen LogP) is 3.76. The maximum atomic E-state index is 11.0. The van der Waals surface area contributed by atoms with Gasteiger partial charge in [-0.25, -0.2) is 0 Å². The minimum atomic E-state index is -0.415. The van der Waals surface area contributed by atoms with E-state index in [0.29, 0.717) is 5.56 Å². The first-order chi connectivity index (χ1) is 6.52. The molecule has 0 bridgehead atoms. The SMILES string of the molecule is O=C1Cc2c(Cl)c(Cl)c(Cl)c(Cl)c2O1. The average Bonchev–Trinajstić information content (AvgIpc) is 2.54. The number of esters is 1. The van der Waals surface area contributed by atoms with E-state index in [-0.39, 0.29) is 32.3 Å². The van der Waals surface area contributed by atoms with Crippen molar-refractivity contribution in [2.75, 3.05) is 0 Å². The van der Waals surface area contributed by atoms with Crippen molar-refractivity contribution in [3.63, 3.8) is 0 Å². The summed E-state index contributed by atoms with van der Waals surface area (Å²) in [7, 11) is 0. The molecule has 0 amide bonds. The van der Waals surface area contributed by atoms with Gasteiger partial charge in [0.05, 0.1) is 21.5 Å². The highest BCUT2D eigenvalue weighted by molar-refractivity contribution is 6.52. The predicted molar refractivity (Wildman–Crippen MR) is 55.8 cm³/mol. The highest BCUT2D eigenvalue weighted by Gasteiger charge is 2.29. The van der Waals surface area contributed by atoms with Crippen LogP contribution in [0, 0.1) is 0 Å². The summed E-state index contributed by atoms with van der Waals surface area (Å²) in [6.07, 6.45) is 0.0742. The van der Waals surface area contributed by atoms with Crippen molar-refractivity contribution >= 4 is 52.4 Å². The van der Waals surface area contributed by atoms with Gasteiger partial charge < -0.3 is 4.74 Å². The van der Waals surface area contributed by atoms with Gasteiger partial charge in [0.2, 0.25) is 0 Å². The highest BCUT2D eigenvalue weighted by atomic mass is 35.5. The molecule has 0 aromatic heterocycles. The van der Waals surface area contributed by atoms with Gasteiger partial charge in [-0.05, 0) is 0 Å². The Morgan fingerprint density at radius 3 is 2.14 bits per heavy atom. The van der Waals surface area contributed by atoms with E-state index in [1.807, 2.05) is 0 Å². The van der Waals surface area contributed by atoms with Crippen molar-refractivity contribution in [3.8, 4) is 5.75 Å². The van der Waals surface area contributed by atoms with Crippen molar-refractivity contribution in [1.29, 1.82) is 0 Å². The lowest BCUT2D eigenvalue weighted by Crippen LogP contribution is -2.00. The zero-order chi connectivity index (χ0) is 10.5. The Kier molecular flexibility index (Phi) is 2.56. The van der Waals surface area contributed by atoms with Crippen molar-refractivity contribution in [3.05, 3.63) is 25.7 Å².